The van der Waals surface area contributed by atoms with Crippen LogP contribution in [0.2, 0.25) is 0 Å². The van der Waals surface area contributed by atoms with Crippen LogP contribution in [0.1, 0.15) is 37.7 Å². The summed E-state index contributed by atoms with van der Waals surface area (Å²) in [5, 5.41) is 14.2. The number of hydrogen-bond acceptors (Lipinski definition) is 6. The Morgan fingerprint density at radius 1 is 1.09 bits per heavy atom. The molecule has 14 heteroatoms. The van der Waals surface area contributed by atoms with Crippen molar-refractivity contribution in [3.8, 4) is 0 Å². The second kappa shape index (κ2) is 12.3. The van der Waals surface area contributed by atoms with E-state index in [0.717, 1.165) is 6.04 Å². The van der Waals surface area contributed by atoms with Crippen LogP contribution in [0, 0.1) is 0 Å². The first-order chi connectivity index (χ1) is 16.2. The zero-order chi connectivity index (χ0) is 26.3. The highest BCUT2D eigenvalue weighted by Gasteiger charge is 2.51. The van der Waals surface area contributed by atoms with E-state index in [1.54, 1.807) is 0 Å². The maximum atomic E-state index is 10.6. The lowest BCUT2D eigenvalue weighted by Crippen LogP contribution is -2.61. The lowest BCUT2D eigenvalue weighted by molar-refractivity contribution is -0.193. The van der Waals surface area contributed by atoms with Crippen molar-refractivity contribution in [2.75, 3.05) is 18.8 Å². The van der Waals surface area contributed by atoms with E-state index in [1.807, 2.05) is 18.5 Å². The number of pyridine rings is 1. The summed E-state index contributed by atoms with van der Waals surface area (Å²) >= 11 is 2.15. The largest absolute Gasteiger partial charge is 0.490 e. The third-order valence-corrected chi connectivity index (χ3v) is 7.27. The van der Waals surface area contributed by atoms with Gasteiger partial charge < -0.3 is 14.9 Å². The topological polar surface area (TPSA) is 100.0 Å². The molecule has 0 bridgehead atoms. The van der Waals surface area contributed by atoms with Crippen molar-refractivity contribution in [2.24, 2.45) is 0 Å². The highest BCUT2D eigenvalue weighted by atomic mass is 32.2. The van der Waals surface area contributed by atoms with E-state index in [2.05, 4.69) is 27.7 Å². The maximum absolute atomic E-state index is 10.6. The molecule has 1 aromatic heterocycles. The van der Waals surface area contributed by atoms with Gasteiger partial charge in [0.05, 0.1) is 12.7 Å². The number of nitrogens with zero attached hydrogens (tertiary/aromatic N) is 2. The molecule has 1 atom stereocenters. The minimum absolute atomic E-state index is 0.431. The normalized spacial score (nSPS) is 21.9. The van der Waals surface area contributed by atoms with Gasteiger partial charge in [-0.05, 0) is 30.9 Å². The van der Waals surface area contributed by atoms with Gasteiger partial charge in [-0.2, -0.15) is 26.3 Å². The Balaban J connectivity index is 0.000000257. The molecule has 198 valence electrons. The van der Waals surface area contributed by atoms with Crippen LogP contribution >= 0.6 is 11.8 Å². The van der Waals surface area contributed by atoms with Crippen molar-refractivity contribution < 1.29 is 50.9 Å². The minimum Gasteiger partial charge on any atom is -0.475 e. The fraction of sp³-hybridized carbons (Fsp3) is 0.667. The molecule has 2 saturated heterocycles. The summed E-state index contributed by atoms with van der Waals surface area (Å²) in [6.45, 7) is 3.31. The predicted octanol–water partition coefficient (Wildman–Crippen LogP) is 4.37. The Morgan fingerprint density at radius 3 is 2.09 bits per heavy atom. The van der Waals surface area contributed by atoms with Crippen LogP contribution in [0.3, 0.4) is 0 Å². The number of carboxylic acid groups (broad SMARTS) is 2. The number of thioether (sulfide) groups is 1. The summed E-state index contributed by atoms with van der Waals surface area (Å²) in [7, 11) is 0. The Morgan fingerprint density at radius 2 is 1.63 bits per heavy atom. The van der Waals surface area contributed by atoms with E-state index in [4.69, 9.17) is 24.5 Å². The lowest BCUT2D eigenvalue weighted by atomic mass is 9.91. The highest BCUT2D eigenvalue weighted by molar-refractivity contribution is 8.01. The van der Waals surface area contributed by atoms with Crippen LogP contribution in [-0.2, 0) is 20.9 Å². The first-order valence-corrected chi connectivity index (χ1v) is 11.7. The molecule has 0 aromatic carbocycles. The lowest BCUT2D eigenvalue weighted by Gasteiger charge is -2.50. The summed E-state index contributed by atoms with van der Waals surface area (Å²) in [5.74, 6) is -4.35. The van der Waals surface area contributed by atoms with E-state index in [9.17, 15) is 26.3 Å². The van der Waals surface area contributed by atoms with Gasteiger partial charge in [-0.3, -0.25) is 9.88 Å². The smallest absolute Gasteiger partial charge is 0.475 e. The molecular weight excluding hydrogens is 506 g/mol. The number of aliphatic carboxylic acids is 2. The third kappa shape index (κ3) is 9.49. The maximum Gasteiger partial charge on any atom is 0.490 e. The second-order valence-electron chi connectivity index (χ2n) is 8.44. The number of hydrogen-bond donors (Lipinski definition) is 2. The van der Waals surface area contributed by atoms with Gasteiger partial charge in [0.25, 0.3) is 0 Å². The van der Waals surface area contributed by atoms with Crippen molar-refractivity contribution in [1.29, 1.82) is 0 Å². The number of ether oxygens (including phenoxy) is 1. The second-order valence-corrected chi connectivity index (χ2v) is 9.93. The van der Waals surface area contributed by atoms with Gasteiger partial charge in [-0.1, -0.05) is 18.9 Å². The average Bonchev–Trinajstić information content (AvgIpc) is 3.42. The Kier molecular flexibility index (Phi) is 10.2. The zero-order valence-corrected chi connectivity index (χ0v) is 19.3. The third-order valence-electron chi connectivity index (χ3n) is 5.69. The van der Waals surface area contributed by atoms with E-state index < -0.39 is 24.3 Å². The molecule has 3 heterocycles. The molecule has 1 aromatic rings. The summed E-state index contributed by atoms with van der Waals surface area (Å²) in [6, 6.07) is 4.97. The van der Waals surface area contributed by atoms with Crippen molar-refractivity contribution >= 4 is 23.7 Å². The monoisotopic (exact) mass is 532 g/mol. The summed E-state index contributed by atoms with van der Waals surface area (Å²) in [5.41, 5.74) is 1.18. The van der Waals surface area contributed by atoms with Gasteiger partial charge in [0, 0.05) is 42.0 Å². The molecule has 35 heavy (non-hydrogen) atoms. The summed E-state index contributed by atoms with van der Waals surface area (Å²) in [4.78, 5) is 24.7. The number of carbonyl (C=O) groups is 2. The standard InChI is InChI=1S/C17H24N2OS.2C2HF3O2/c1-2-6-15(5-1)19-12-17(13-19)8-16(11-21-17)20-10-14-4-3-7-18-9-14;2*3-2(4,5)1(6)7/h3-4,7,9,15-16H,1-2,5-6,8,10-13H2;2*(H,6,7). The van der Waals surface area contributed by atoms with Crippen molar-refractivity contribution in [3.63, 3.8) is 0 Å². The van der Waals surface area contributed by atoms with Gasteiger partial charge in [-0.25, -0.2) is 9.59 Å². The Bertz CT molecular complexity index is 804. The van der Waals surface area contributed by atoms with E-state index >= 15 is 0 Å². The molecule has 3 aliphatic rings. The fourth-order valence-corrected chi connectivity index (χ4v) is 5.62. The molecule has 0 radical (unpaired) electrons. The number of rotatable bonds is 4. The highest BCUT2D eigenvalue weighted by Crippen LogP contribution is 2.48. The first kappa shape index (κ1) is 29.2. The number of halogens is 6. The average molecular weight is 533 g/mol. The molecule has 0 amide bonds. The van der Waals surface area contributed by atoms with Crippen molar-refractivity contribution in [1.82, 2.24) is 9.88 Å². The van der Waals surface area contributed by atoms with Gasteiger partial charge in [0.1, 0.15) is 0 Å². The molecule has 2 aliphatic heterocycles. The van der Waals surface area contributed by atoms with Crippen molar-refractivity contribution in [3.05, 3.63) is 30.1 Å². The van der Waals surface area contributed by atoms with Crippen LogP contribution in [0.25, 0.3) is 0 Å². The molecule has 1 aliphatic carbocycles. The summed E-state index contributed by atoms with van der Waals surface area (Å²) < 4.78 is 70.1. The Labute approximate surface area is 201 Å². The SMILES string of the molecule is O=C(O)C(F)(F)F.O=C(O)C(F)(F)F.c1cncc(COC2CSC3(C2)CN(C2CCCC2)C3)c1. The van der Waals surface area contributed by atoms with Crippen molar-refractivity contribution in [2.45, 2.75) is 68.0 Å². The number of carboxylic acids is 2. The van der Waals surface area contributed by atoms with Gasteiger partial charge >= 0.3 is 24.3 Å². The molecule has 7 nitrogen and oxygen atoms in total. The van der Waals surface area contributed by atoms with Gasteiger partial charge in [0.15, 0.2) is 0 Å². The van der Waals surface area contributed by atoms with Crippen LogP contribution in [0.4, 0.5) is 26.3 Å². The van der Waals surface area contributed by atoms with Gasteiger partial charge in [-0.15, -0.1) is 11.8 Å². The quantitative estimate of drug-likeness (QED) is 0.552. The molecule has 3 fully saturated rings. The van der Waals surface area contributed by atoms with E-state index in [0.29, 0.717) is 17.5 Å². The van der Waals surface area contributed by atoms with Crippen LogP contribution in [0.15, 0.2) is 24.5 Å². The fourth-order valence-electron chi connectivity index (χ4n) is 4.05. The predicted molar refractivity (Wildman–Crippen MR) is 114 cm³/mol. The number of likely N-dealkylation sites (tertiary alicyclic amines) is 1. The number of aromatic nitrogens is 1. The molecule has 1 saturated carbocycles. The first-order valence-electron chi connectivity index (χ1n) is 10.7. The van der Waals surface area contributed by atoms with E-state index in [-0.39, 0.29) is 0 Å². The zero-order valence-electron chi connectivity index (χ0n) is 18.5. The molecule has 2 N–H and O–H groups in total. The van der Waals surface area contributed by atoms with Crippen LogP contribution < -0.4 is 0 Å². The Hall–Kier alpha value is -2.06. The molecule has 1 spiro atoms. The molecule has 4 rings (SSSR count). The molecular formula is C21H26F6N2O5S. The summed E-state index contributed by atoms with van der Waals surface area (Å²) in [6.07, 6.45) is 0.973. The van der Waals surface area contributed by atoms with Crippen LogP contribution in [0.5, 0.6) is 0 Å². The van der Waals surface area contributed by atoms with Crippen LogP contribution in [-0.4, -0.2) is 80.1 Å². The van der Waals surface area contributed by atoms with Gasteiger partial charge in [0.2, 0.25) is 0 Å². The number of alkyl halides is 6. The molecule has 1 unspecified atom stereocenters. The van der Waals surface area contributed by atoms with E-state index in [1.165, 1.54) is 56.5 Å². The minimum atomic E-state index is -5.08.